The Balaban J connectivity index is 2.40. The van der Waals surface area contributed by atoms with E-state index >= 15 is 0 Å². The number of carbonyl (C=O) groups is 1. The minimum Gasteiger partial charge on any atom is -0.343 e. The van der Waals surface area contributed by atoms with E-state index in [1.807, 2.05) is 4.90 Å². The van der Waals surface area contributed by atoms with Crippen LogP contribution < -0.4 is 5.73 Å². The van der Waals surface area contributed by atoms with Crippen LogP contribution in [0.15, 0.2) is 0 Å². The van der Waals surface area contributed by atoms with Gasteiger partial charge < -0.3 is 10.6 Å². The van der Waals surface area contributed by atoms with Gasteiger partial charge in [-0.3, -0.25) is 4.79 Å². The van der Waals surface area contributed by atoms with Gasteiger partial charge in [-0.25, -0.2) is 0 Å². The van der Waals surface area contributed by atoms with E-state index in [1.165, 1.54) is 6.42 Å². The summed E-state index contributed by atoms with van der Waals surface area (Å²) in [6.07, 6.45) is 4.05. The lowest BCUT2D eigenvalue weighted by molar-refractivity contribution is -0.133. The van der Waals surface area contributed by atoms with Crippen LogP contribution >= 0.6 is 0 Å². The molecule has 1 heterocycles. The standard InChI is InChI=1S/C12H24N2O/c1-12(2,3)10(13)9-11(15)14-7-5-4-6-8-14/h10H,4-9,13H2,1-3H3. The van der Waals surface area contributed by atoms with Crippen molar-refractivity contribution in [3.05, 3.63) is 0 Å². The Morgan fingerprint density at radius 2 is 1.80 bits per heavy atom. The van der Waals surface area contributed by atoms with Gasteiger partial charge >= 0.3 is 0 Å². The molecule has 0 bridgehead atoms. The van der Waals surface area contributed by atoms with E-state index in [-0.39, 0.29) is 17.4 Å². The molecule has 0 aliphatic carbocycles. The number of hydrogen-bond acceptors (Lipinski definition) is 2. The average molecular weight is 212 g/mol. The zero-order chi connectivity index (χ0) is 11.5. The summed E-state index contributed by atoms with van der Waals surface area (Å²) in [6.45, 7) is 8.11. The van der Waals surface area contributed by atoms with Crippen LogP contribution in [0, 0.1) is 5.41 Å². The minimum atomic E-state index is -0.0353. The summed E-state index contributed by atoms with van der Waals surface area (Å²) in [7, 11) is 0. The van der Waals surface area contributed by atoms with Gasteiger partial charge in [-0.1, -0.05) is 20.8 Å². The van der Waals surface area contributed by atoms with Crippen molar-refractivity contribution in [3.8, 4) is 0 Å². The molecule has 1 fully saturated rings. The number of amides is 1. The second-order valence-corrected chi connectivity index (χ2v) is 5.62. The third kappa shape index (κ3) is 3.82. The molecular formula is C12H24N2O. The third-order valence-electron chi connectivity index (χ3n) is 3.22. The van der Waals surface area contributed by atoms with Crippen LogP contribution in [0.5, 0.6) is 0 Å². The Kier molecular flexibility index (Phi) is 4.14. The lowest BCUT2D eigenvalue weighted by atomic mass is 9.85. The number of hydrogen-bond donors (Lipinski definition) is 1. The van der Waals surface area contributed by atoms with E-state index in [1.54, 1.807) is 0 Å². The molecule has 0 aromatic rings. The molecule has 0 saturated carbocycles. The first-order chi connectivity index (χ1) is 6.91. The van der Waals surface area contributed by atoms with Crippen LogP contribution in [0.1, 0.15) is 46.5 Å². The van der Waals surface area contributed by atoms with Gasteiger partial charge in [0, 0.05) is 25.6 Å². The lowest BCUT2D eigenvalue weighted by Gasteiger charge is -2.31. The highest BCUT2D eigenvalue weighted by molar-refractivity contribution is 5.77. The van der Waals surface area contributed by atoms with Gasteiger partial charge in [0.25, 0.3) is 0 Å². The van der Waals surface area contributed by atoms with Gasteiger partial charge in [-0.15, -0.1) is 0 Å². The minimum absolute atomic E-state index is 0.0193. The van der Waals surface area contributed by atoms with Crippen molar-refractivity contribution in [3.63, 3.8) is 0 Å². The highest BCUT2D eigenvalue weighted by Crippen LogP contribution is 2.21. The highest BCUT2D eigenvalue weighted by atomic mass is 16.2. The molecule has 0 aromatic carbocycles. The molecule has 1 unspecified atom stereocenters. The zero-order valence-electron chi connectivity index (χ0n) is 10.3. The van der Waals surface area contributed by atoms with Crippen LogP contribution in [0.25, 0.3) is 0 Å². The number of piperidine rings is 1. The van der Waals surface area contributed by atoms with Crippen molar-refractivity contribution in [1.82, 2.24) is 4.90 Å². The molecule has 0 radical (unpaired) electrons. The summed E-state index contributed by atoms with van der Waals surface area (Å²) in [5.74, 6) is 0.233. The Hall–Kier alpha value is -0.570. The molecule has 1 atom stereocenters. The normalized spacial score (nSPS) is 20.1. The number of carbonyl (C=O) groups excluding carboxylic acids is 1. The summed E-state index contributed by atoms with van der Waals surface area (Å²) < 4.78 is 0. The van der Waals surface area contributed by atoms with E-state index < -0.39 is 0 Å². The van der Waals surface area contributed by atoms with Crippen LogP contribution in [0.2, 0.25) is 0 Å². The summed E-state index contributed by atoms with van der Waals surface area (Å²) >= 11 is 0. The first kappa shape index (κ1) is 12.5. The van der Waals surface area contributed by atoms with Crippen LogP contribution in [-0.4, -0.2) is 29.9 Å². The van der Waals surface area contributed by atoms with E-state index in [0.29, 0.717) is 6.42 Å². The highest BCUT2D eigenvalue weighted by Gasteiger charge is 2.26. The van der Waals surface area contributed by atoms with E-state index in [0.717, 1.165) is 25.9 Å². The largest absolute Gasteiger partial charge is 0.343 e. The molecule has 15 heavy (non-hydrogen) atoms. The molecule has 1 aliphatic rings. The number of nitrogens with two attached hydrogens (primary N) is 1. The molecule has 3 heteroatoms. The quantitative estimate of drug-likeness (QED) is 0.758. The second kappa shape index (κ2) is 4.97. The van der Waals surface area contributed by atoms with Crippen molar-refractivity contribution < 1.29 is 4.79 Å². The molecule has 1 amide bonds. The van der Waals surface area contributed by atoms with E-state index in [9.17, 15) is 4.79 Å². The number of likely N-dealkylation sites (tertiary alicyclic amines) is 1. The molecule has 1 saturated heterocycles. The Bertz CT molecular complexity index is 214. The summed E-state index contributed by atoms with van der Waals surface area (Å²) in [5.41, 5.74) is 6.03. The Labute approximate surface area is 93.0 Å². The maximum absolute atomic E-state index is 11.9. The molecular weight excluding hydrogens is 188 g/mol. The maximum atomic E-state index is 11.9. The molecule has 1 aliphatic heterocycles. The van der Waals surface area contributed by atoms with Crippen molar-refractivity contribution >= 4 is 5.91 Å². The predicted octanol–water partition coefficient (Wildman–Crippen LogP) is 1.76. The molecule has 0 spiro atoms. The molecule has 2 N–H and O–H groups in total. The molecule has 1 rings (SSSR count). The zero-order valence-corrected chi connectivity index (χ0v) is 10.3. The van der Waals surface area contributed by atoms with Crippen molar-refractivity contribution in [2.75, 3.05) is 13.1 Å². The molecule has 0 aromatic heterocycles. The van der Waals surface area contributed by atoms with Gasteiger partial charge in [0.05, 0.1) is 0 Å². The fourth-order valence-electron chi connectivity index (χ4n) is 1.77. The fourth-order valence-corrected chi connectivity index (χ4v) is 1.77. The monoisotopic (exact) mass is 212 g/mol. The van der Waals surface area contributed by atoms with E-state index in [4.69, 9.17) is 5.73 Å². The van der Waals surface area contributed by atoms with E-state index in [2.05, 4.69) is 20.8 Å². The van der Waals surface area contributed by atoms with Crippen molar-refractivity contribution in [1.29, 1.82) is 0 Å². The second-order valence-electron chi connectivity index (χ2n) is 5.62. The summed E-state index contributed by atoms with van der Waals surface area (Å²) in [5, 5.41) is 0. The average Bonchev–Trinajstić information content (AvgIpc) is 2.17. The van der Waals surface area contributed by atoms with Gasteiger partial charge in [-0.2, -0.15) is 0 Å². The number of nitrogens with zero attached hydrogens (tertiary/aromatic N) is 1. The third-order valence-corrected chi connectivity index (χ3v) is 3.22. The van der Waals surface area contributed by atoms with Crippen LogP contribution in [0.4, 0.5) is 0 Å². The Morgan fingerprint density at radius 1 is 1.27 bits per heavy atom. The van der Waals surface area contributed by atoms with Gasteiger partial charge in [0.2, 0.25) is 5.91 Å². The van der Waals surface area contributed by atoms with Crippen LogP contribution in [0.3, 0.4) is 0 Å². The Morgan fingerprint density at radius 3 is 2.27 bits per heavy atom. The van der Waals surface area contributed by atoms with Gasteiger partial charge in [0.15, 0.2) is 0 Å². The first-order valence-corrected chi connectivity index (χ1v) is 5.94. The van der Waals surface area contributed by atoms with Gasteiger partial charge in [-0.05, 0) is 24.7 Å². The van der Waals surface area contributed by atoms with Gasteiger partial charge in [0.1, 0.15) is 0 Å². The fraction of sp³-hybridized carbons (Fsp3) is 0.917. The summed E-state index contributed by atoms with van der Waals surface area (Å²) in [4.78, 5) is 13.9. The van der Waals surface area contributed by atoms with Crippen molar-refractivity contribution in [2.45, 2.75) is 52.5 Å². The molecule has 88 valence electrons. The molecule has 3 nitrogen and oxygen atoms in total. The predicted molar refractivity (Wildman–Crippen MR) is 62.5 cm³/mol. The first-order valence-electron chi connectivity index (χ1n) is 5.94. The lowest BCUT2D eigenvalue weighted by Crippen LogP contribution is -2.43. The topological polar surface area (TPSA) is 46.3 Å². The van der Waals surface area contributed by atoms with Crippen molar-refractivity contribution in [2.24, 2.45) is 11.1 Å². The van der Waals surface area contributed by atoms with Crippen LogP contribution in [-0.2, 0) is 4.79 Å². The number of rotatable bonds is 2. The SMILES string of the molecule is CC(C)(C)C(N)CC(=O)N1CCCCC1. The summed E-state index contributed by atoms with van der Waals surface area (Å²) in [6, 6.07) is -0.0353. The maximum Gasteiger partial charge on any atom is 0.224 e. The smallest absolute Gasteiger partial charge is 0.224 e.